The van der Waals surface area contributed by atoms with E-state index in [1.54, 1.807) is 0 Å². The van der Waals surface area contributed by atoms with Crippen molar-refractivity contribution in [1.29, 1.82) is 0 Å². The molecule has 0 aliphatic rings. The number of hydrogen-bond acceptors (Lipinski definition) is 3. The molecule has 0 bridgehead atoms. The van der Waals surface area contributed by atoms with E-state index in [-0.39, 0.29) is 29.6 Å². The van der Waals surface area contributed by atoms with Crippen LogP contribution in [-0.4, -0.2) is 40.1 Å². The maximum absolute atomic E-state index is 4.87. The Labute approximate surface area is 74.9 Å². The Morgan fingerprint density at radius 1 is 1.86 bits per heavy atom. The second kappa shape index (κ2) is 7.20. The Kier molecular flexibility index (Phi) is 11.4. The van der Waals surface area contributed by atoms with Gasteiger partial charge >= 0.3 is 0 Å². The second-order valence-corrected chi connectivity index (χ2v) is 2.12. The van der Waals surface area contributed by atoms with Gasteiger partial charge in [-0.2, -0.15) is 0 Å². The maximum Gasteiger partial charge on any atom is 0.147 e. The van der Waals surface area contributed by atoms with Gasteiger partial charge in [0.2, 0.25) is 0 Å². The molecule has 3 N–H and O–H groups in total. The molecule has 0 saturated heterocycles. The van der Waals surface area contributed by atoms with Crippen LogP contribution in [0, 0.1) is 0 Å². The number of nitrogens with one attached hydrogen (secondary N) is 1. The number of hydrogen-bond donors (Lipinski definition) is 2. The molecular formula is C2H6N2NaS2. The van der Waals surface area contributed by atoms with Gasteiger partial charge in [0.15, 0.2) is 0 Å². The maximum atomic E-state index is 4.87. The minimum atomic E-state index is 0. The monoisotopic (exact) mass is 145 g/mol. The van der Waals surface area contributed by atoms with E-state index in [1.165, 1.54) is 11.8 Å². The van der Waals surface area contributed by atoms with Gasteiger partial charge in [-0.1, -0.05) is 24.0 Å². The minimum absolute atomic E-state index is 0. The van der Waals surface area contributed by atoms with E-state index in [0.717, 1.165) is 0 Å². The summed E-state index contributed by atoms with van der Waals surface area (Å²) < 4.78 is 0.620. The molecule has 0 aromatic heterocycles. The number of hydrazine groups is 1. The van der Waals surface area contributed by atoms with Gasteiger partial charge < -0.3 is 5.43 Å². The second-order valence-electron chi connectivity index (χ2n) is 0.636. The van der Waals surface area contributed by atoms with Crippen molar-refractivity contribution in [3.8, 4) is 0 Å². The van der Waals surface area contributed by atoms with Crippen LogP contribution in [0.5, 0.6) is 0 Å². The van der Waals surface area contributed by atoms with Crippen LogP contribution in [0.2, 0.25) is 0 Å². The molecule has 0 aromatic rings. The SMILES string of the molecule is CSC(=S)NN.[Na]. The minimum Gasteiger partial charge on any atom is -0.309 e. The van der Waals surface area contributed by atoms with Crippen molar-refractivity contribution in [3.63, 3.8) is 0 Å². The van der Waals surface area contributed by atoms with Crippen molar-refractivity contribution in [3.05, 3.63) is 0 Å². The van der Waals surface area contributed by atoms with Crippen molar-refractivity contribution in [1.82, 2.24) is 5.43 Å². The fraction of sp³-hybridized carbons (Fsp3) is 0.500. The molecule has 0 aromatic carbocycles. The van der Waals surface area contributed by atoms with Crippen LogP contribution in [0.4, 0.5) is 0 Å². The van der Waals surface area contributed by atoms with E-state index in [0.29, 0.717) is 4.32 Å². The number of nitrogens with two attached hydrogens (primary N) is 1. The average Bonchev–Trinajstić information content (AvgIpc) is 1.65. The van der Waals surface area contributed by atoms with E-state index in [4.69, 9.17) is 5.84 Å². The van der Waals surface area contributed by atoms with E-state index < -0.39 is 0 Å². The van der Waals surface area contributed by atoms with Gasteiger partial charge in [-0.05, 0) is 6.26 Å². The third kappa shape index (κ3) is 7.20. The molecule has 0 rings (SSSR count). The van der Waals surface area contributed by atoms with Crippen LogP contribution in [-0.2, 0) is 0 Å². The molecule has 0 unspecified atom stereocenters. The van der Waals surface area contributed by atoms with Crippen LogP contribution >= 0.6 is 24.0 Å². The van der Waals surface area contributed by atoms with Crippen molar-refractivity contribution in [2.75, 3.05) is 6.26 Å². The summed E-state index contributed by atoms with van der Waals surface area (Å²) >= 11 is 6.00. The molecule has 0 amide bonds. The first-order chi connectivity index (χ1) is 2.81. The fourth-order valence-electron chi connectivity index (χ4n) is 0.0589. The van der Waals surface area contributed by atoms with Gasteiger partial charge in [0, 0.05) is 29.6 Å². The first-order valence-electron chi connectivity index (χ1n) is 1.36. The smallest absolute Gasteiger partial charge is 0.147 e. The van der Waals surface area contributed by atoms with Gasteiger partial charge in [-0.25, -0.2) is 5.84 Å². The summed E-state index contributed by atoms with van der Waals surface area (Å²) in [5.41, 5.74) is 2.31. The summed E-state index contributed by atoms with van der Waals surface area (Å²) in [6.45, 7) is 0. The van der Waals surface area contributed by atoms with E-state index in [1.807, 2.05) is 6.26 Å². The fourth-order valence-corrected chi connectivity index (χ4v) is 0.177. The Hall–Kier alpha value is 1.20. The zero-order valence-electron chi connectivity index (χ0n) is 4.39. The Morgan fingerprint density at radius 3 is 2.29 bits per heavy atom. The van der Waals surface area contributed by atoms with Gasteiger partial charge in [0.25, 0.3) is 0 Å². The third-order valence-corrected chi connectivity index (χ3v) is 1.41. The molecule has 0 aliphatic heterocycles. The summed E-state index contributed by atoms with van der Waals surface area (Å²) in [4.78, 5) is 0. The first kappa shape index (κ1) is 11.1. The van der Waals surface area contributed by atoms with E-state index >= 15 is 0 Å². The van der Waals surface area contributed by atoms with Crippen molar-refractivity contribution in [2.45, 2.75) is 0 Å². The quantitative estimate of drug-likeness (QED) is 0.213. The van der Waals surface area contributed by atoms with Crippen LogP contribution in [0.15, 0.2) is 0 Å². The number of rotatable bonds is 0. The normalized spacial score (nSPS) is 6.57. The Morgan fingerprint density at radius 2 is 2.29 bits per heavy atom. The summed E-state index contributed by atoms with van der Waals surface area (Å²) in [5, 5.41) is 0. The van der Waals surface area contributed by atoms with Crippen molar-refractivity contribution < 1.29 is 0 Å². The molecule has 2 nitrogen and oxygen atoms in total. The number of thioether (sulfide) groups is 1. The van der Waals surface area contributed by atoms with Gasteiger partial charge in [-0.15, -0.1) is 0 Å². The molecule has 0 atom stereocenters. The molecule has 1 radical (unpaired) electrons. The van der Waals surface area contributed by atoms with Crippen molar-refractivity contribution >= 4 is 57.9 Å². The first-order valence-corrected chi connectivity index (χ1v) is 2.99. The van der Waals surface area contributed by atoms with Crippen LogP contribution in [0.3, 0.4) is 0 Å². The molecule has 0 saturated carbocycles. The summed E-state index contributed by atoms with van der Waals surface area (Å²) in [6.07, 6.45) is 1.86. The van der Waals surface area contributed by atoms with Gasteiger partial charge in [0.1, 0.15) is 4.32 Å². The largest absolute Gasteiger partial charge is 0.309 e. The van der Waals surface area contributed by atoms with Crippen LogP contribution in [0.1, 0.15) is 0 Å². The molecule has 0 fully saturated rings. The molecule has 5 heteroatoms. The Balaban J connectivity index is 0. The Bertz CT molecular complexity index is 51.7. The molecular weight excluding hydrogens is 139 g/mol. The molecule has 0 aliphatic carbocycles. The van der Waals surface area contributed by atoms with Crippen molar-refractivity contribution in [2.24, 2.45) is 5.84 Å². The molecule has 0 spiro atoms. The zero-order valence-corrected chi connectivity index (χ0v) is 8.03. The summed E-state index contributed by atoms with van der Waals surface area (Å²) in [7, 11) is 0. The molecule has 0 heterocycles. The molecule has 7 heavy (non-hydrogen) atoms. The third-order valence-electron chi connectivity index (χ3n) is 0.303. The number of thiocarbonyl (C=S) groups is 1. The topological polar surface area (TPSA) is 38.0 Å². The molecule has 37 valence electrons. The van der Waals surface area contributed by atoms with Crippen LogP contribution < -0.4 is 11.3 Å². The predicted molar refractivity (Wildman–Crippen MR) is 39.2 cm³/mol. The zero-order chi connectivity index (χ0) is 4.99. The standard InChI is InChI=1S/C2H6N2S2.Na/c1-6-2(5)4-3;/h3H2,1H3,(H,4,5);. The van der Waals surface area contributed by atoms with E-state index in [9.17, 15) is 0 Å². The van der Waals surface area contributed by atoms with E-state index in [2.05, 4.69) is 17.6 Å². The van der Waals surface area contributed by atoms with Crippen LogP contribution in [0.25, 0.3) is 0 Å². The van der Waals surface area contributed by atoms with Gasteiger partial charge in [-0.3, -0.25) is 0 Å². The summed E-state index contributed by atoms with van der Waals surface area (Å²) in [6, 6.07) is 0. The predicted octanol–water partition coefficient (Wildman–Crippen LogP) is -0.283. The summed E-state index contributed by atoms with van der Waals surface area (Å²) in [5.74, 6) is 4.87. The average molecular weight is 145 g/mol. The van der Waals surface area contributed by atoms with Gasteiger partial charge in [0.05, 0.1) is 0 Å².